The van der Waals surface area contributed by atoms with Gasteiger partial charge in [0.2, 0.25) is 0 Å². The zero-order valence-corrected chi connectivity index (χ0v) is 9.43. The van der Waals surface area contributed by atoms with E-state index in [4.69, 9.17) is 0 Å². The molecule has 34 valence electrons. The zero-order valence-electron chi connectivity index (χ0n) is 5.43. The Kier molecular flexibility index (Phi) is 51.7. The third-order valence-corrected chi connectivity index (χ3v) is 0. The Morgan fingerprint density at radius 3 is 1.14 bits per heavy atom. The van der Waals surface area contributed by atoms with Crippen LogP contribution in [-0.2, 0) is 0 Å². The molecule has 0 aromatic heterocycles. The average Bonchev–Trinajstić information content (AvgIpc) is 0.811. The number of hydrogen-bond acceptors (Lipinski definition) is 2. The molecule has 0 amide bonds. The maximum Gasteiger partial charge on any atom is 1.00 e. The fraction of sp³-hybridized carbons (Fsp3) is 1.00. The molecule has 0 aliphatic rings. The summed E-state index contributed by atoms with van der Waals surface area (Å²) in [4.78, 5) is 0. The summed E-state index contributed by atoms with van der Waals surface area (Å²) < 4.78 is 0. The molecule has 0 aromatic rings. The summed E-state index contributed by atoms with van der Waals surface area (Å²) in [6, 6.07) is 0. The first-order chi connectivity index (χ1) is 1.73. The first-order valence-corrected chi connectivity index (χ1v) is 1.39. The maximum atomic E-state index is 9.53. The molecular formula is C3H8Na2O2. The van der Waals surface area contributed by atoms with Gasteiger partial charge in [-0.15, -0.1) is 6.10 Å². The second-order valence-electron chi connectivity index (χ2n) is 1.05. The van der Waals surface area contributed by atoms with Gasteiger partial charge in [-0.2, -0.15) is 0 Å². The van der Waals surface area contributed by atoms with Gasteiger partial charge in [0, 0.05) is 0 Å². The Morgan fingerprint density at radius 1 is 1.14 bits per heavy atom. The minimum atomic E-state index is -0.417. The molecule has 0 aliphatic carbocycles. The van der Waals surface area contributed by atoms with Gasteiger partial charge in [-0.3, -0.25) is 0 Å². The normalized spacial score (nSPS) is 5.14. The van der Waals surface area contributed by atoms with Crippen LogP contribution in [0.5, 0.6) is 0 Å². The van der Waals surface area contributed by atoms with Gasteiger partial charge >= 0.3 is 59.1 Å². The predicted molar refractivity (Wildman–Crippen MR) is 17.1 cm³/mol. The third-order valence-electron chi connectivity index (χ3n) is 0. The zero-order chi connectivity index (χ0) is 3.58. The first-order valence-electron chi connectivity index (χ1n) is 1.39. The molecule has 0 heterocycles. The van der Waals surface area contributed by atoms with Gasteiger partial charge in [-0.05, 0) is 0 Å². The summed E-state index contributed by atoms with van der Waals surface area (Å²) in [5, 5.41) is 9.53. The van der Waals surface area contributed by atoms with Crippen molar-refractivity contribution in [3.63, 3.8) is 0 Å². The molecule has 0 unspecified atom stereocenters. The quantitative estimate of drug-likeness (QED) is 0.300. The molecule has 0 aliphatic heterocycles. The third kappa shape index (κ3) is 75.3. The molecule has 4 heteroatoms. The van der Waals surface area contributed by atoms with Crippen LogP contribution in [0.3, 0.4) is 0 Å². The first kappa shape index (κ1) is 23.1. The van der Waals surface area contributed by atoms with Gasteiger partial charge in [0.25, 0.3) is 0 Å². The van der Waals surface area contributed by atoms with E-state index in [1.165, 1.54) is 0 Å². The Labute approximate surface area is 88.6 Å². The minimum absolute atomic E-state index is 0. The summed E-state index contributed by atoms with van der Waals surface area (Å²) in [6.45, 7) is 3.22. The fourth-order valence-corrected chi connectivity index (χ4v) is 0. The summed E-state index contributed by atoms with van der Waals surface area (Å²) in [5.41, 5.74) is 0. The van der Waals surface area contributed by atoms with Crippen molar-refractivity contribution in [3.05, 3.63) is 0 Å². The van der Waals surface area contributed by atoms with Crippen molar-refractivity contribution < 1.29 is 69.7 Å². The van der Waals surface area contributed by atoms with Gasteiger partial charge in [-0.25, -0.2) is 0 Å². The Morgan fingerprint density at radius 2 is 1.14 bits per heavy atom. The van der Waals surface area contributed by atoms with Crippen molar-refractivity contribution in [2.75, 3.05) is 0 Å². The predicted octanol–water partition coefficient (Wildman–Crippen LogP) is -6.41. The van der Waals surface area contributed by atoms with Crippen LogP contribution < -0.4 is 64.2 Å². The van der Waals surface area contributed by atoms with Crippen molar-refractivity contribution in [1.29, 1.82) is 0 Å². The standard InChI is InChI=1S/C3H7O.2Na.H2O/c1-3(2)4;;;/h3H,1-2H3;;;1H2/q-1;2*+1;/p-1. The van der Waals surface area contributed by atoms with Crippen LogP contribution in [0.1, 0.15) is 13.8 Å². The van der Waals surface area contributed by atoms with Gasteiger partial charge < -0.3 is 10.6 Å². The van der Waals surface area contributed by atoms with Gasteiger partial charge in [-0.1, -0.05) is 13.8 Å². The summed E-state index contributed by atoms with van der Waals surface area (Å²) in [5.74, 6) is 0. The van der Waals surface area contributed by atoms with Crippen LogP contribution in [-0.4, -0.2) is 11.6 Å². The van der Waals surface area contributed by atoms with Crippen LogP contribution >= 0.6 is 0 Å². The van der Waals surface area contributed by atoms with E-state index in [1.807, 2.05) is 0 Å². The SMILES string of the molecule is CC(C)[O-].[Na+].[Na+].[OH-]. The molecule has 0 rings (SSSR count). The second kappa shape index (κ2) is 15.7. The monoisotopic (exact) mass is 122 g/mol. The average molecular weight is 122 g/mol. The molecular weight excluding hydrogens is 114 g/mol. The molecule has 0 saturated heterocycles. The van der Waals surface area contributed by atoms with E-state index in [-0.39, 0.29) is 64.6 Å². The minimum Gasteiger partial charge on any atom is -0.870 e. The molecule has 0 aromatic carbocycles. The molecule has 0 bridgehead atoms. The molecule has 1 N–H and O–H groups in total. The van der Waals surface area contributed by atoms with Crippen molar-refractivity contribution >= 4 is 0 Å². The van der Waals surface area contributed by atoms with E-state index >= 15 is 0 Å². The second-order valence-corrected chi connectivity index (χ2v) is 1.05. The van der Waals surface area contributed by atoms with Crippen molar-refractivity contribution in [3.8, 4) is 0 Å². The van der Waals surface area contributed by atoms with E-state index in [0.29, 0.717) is 0 Å². The van der Waals surface area contributed by atoms with Crippen LogP contribution in [0.4, 0.5) is 0 Å². The molecule has 7 heavy (non-hydrogen) atoms. The summed E-state index contributed by atoms with van der Waals surface area (Å²) >= 11 is 0. The van der Waals surface area contributed by atoms with E-state index in [1.54, 1.807) is 13.8 Å². The maximum absolute atomic E-state index is 9.53. The van der Waals surface area contributed by atoms with Crippen LogP contribution in [0.15, 0.2) is 0 Å². The molecule has 0 saturated carbocycles. The molecule has 0 fully saturated rings. The molecule has 0 atom stereocenters. The van der Waals surface area contributed by atoms with Gasteiger partial charge in [0.05, 0.1) is 0 Å². The number of rotatable bonds is 0. The van der Waals surface area contributed by atoms with Crippen molar-refractivity contribution in [1.82, 2.24) is 0 Å². The Bertz CT molecular complexity index is 15.7. The van der Waals surface area contributed by atoms with Crippen LogP contribution in [0.25, 0.3) is 0 Å². The van der Waals surface area contributed by atoms with Crippen molar-refractivity contribution in [2.45, 2.75) is 20.0 Å². The molecule has 0 radical (unpaired) electrons. The van der Waals surface area contributed by atoms with E-state index in [2.05, 4.69) is 0 Å². The van der Waals surface area contributed by atoms with Crippen molar-refractivity contribution in [2.24, 2.45) is 0 Å². The largest absolute Gasteiger partial charge is 1.00 e. The van der Waals surface area contributed by atoms with Gasteiger partial charge in [0.1, 0.15) is 0 Å². The summed E-state index contributed by atoms with van der Waals surface area (Å²) in [7, 11) is 0. The summed E-state index contributed by atoms with van der Waals surface area (Å²) in [6.07, 6.45) is -0.417. The topological polar surface area (TPSA) is 53.1 Å². The fourth-order valence-electron chi connectivity index (χ4n) is 0. The molecule has 2 nitrogen and oxygen atoms in total. The number of hydrogen-bond donors (Lipinski definition) is 0. The van der Waals surface area contributed by atoms with Crippen LogP contribution in [0.2, 0.25) is 0 Å². The Balaban J connectivity index is -0.0000000150. The van der Waals surface area contributed by atoms with E-state index in [9.17, 15) is 5.11 Å². The van der Waals surface area contributed by atoms with Gasteiger partial charge in [0.15, 0.2) is 0 Å². The molecule has 0 spiro atoms. The van der Waals surface area contributed by atoms with Crippen LogP contribution in [0, 0.1) is 0 Å². The van der Waals surface area contributed by atoms with E-state index < -0.39 is 6.10 Å². The smallest absolute Gasteiger partial charge is 0.870 e. The Hall–Kier alpha value is 1.92. The van der Waals surface area contributed by atoms with E-state index in [0.717, 1.165) is 0 Å².